The molecule has 3 heterocycles. The van der Waals surface area contributed by atoms with Crippen LogP contribution in [0.2, 0.25) is 0 Å². The monoisotopic (exact) mass is 554 g/mol. The highest BCUT2D eigenvalue weighted by atomic mass is 32.2. The maximum absolute atomic E-state index is 12.9. The minimum absolute atomic E-state index is 0.0499. The zero-order valence-electron chi connectivity index (χ0n) is 20.8. The minimum Gasteiger partial charge on any atom is -0.385 e. The number of carbonyl (C=O) groups excluding carboxylic acids is 1. The molecule has 1 aliphatic heterocycles. The van der Waals surface area contributed by atoms with Crippen LogP contribution in [0.4, 0.5) is 10.8 Å². The first-order valence-electron chi connectivity index (χ1n) is 12.6. The molecule has 4 aromatic rings. The quantitative estimate of drug-likeness (QED) is 0.187. The van der Waals surface area contributed by atoms with E-state index in [9.17, 15) is 13.2 Å². The Morgan fingerprint density at radius 1 is 1.16 bits per heavy atom. The standard InChI is InChI=1S/C26H30N6O4S2/c33-25(16-19-8-11-27-12-9-19)31-26-30-23-7-4-21(17-24(23)37-26)36-38(34,35)22-5-2-20(3-6-22)29-10-1-14-32-15-13-28-18-32/h2-7,13,15,17-19,27,29H,1,8-12,14,16H2,(H,30,31,33). The first-order valence-corrected chi connectivity index (χ1v) is 14.8. The zero-order chi connectivity index (χ0) is 26.4. The average Bonchev–Trinajstić information content (AvgIpc) is 3.56. The highest BCUT2D eigenvalue weighted by Crippen LogP contribution is 2.31. The number of nitrogens with zero attached hydrogens (tertiary/aromatic N) is 3. The number of fused-ring (bicyclic) bond motifs is 1. The normalized spacial score (nSPS) is 14.4. The third-order valence-corrected chi connectivity index (χ3v) is 8.56. The summed E-state index contributed by atoms with van der Waals surface area (Å²) in [6, 6.07) is 11.4. The van der Waals surface area contributed by atoms with Gasteiger partial charge in [-0.15, -0.1) is 0 Å². The maximum atomic E-state index is 12.9. The highest BCUT2D eigenvalue weighted by Gasteiger charge is 2.19. The number of piperidine rings is 1. The van der Waals surface area contributed by atoms with Crippen LogP contribution in [0.3, 0.4) is 0 Å². The second-order valence-electron chi connectivity index (χ2n) is 9.24. The summed E-state index contributed by atoms with van der Waals surface area (Å²) in [6.07, 6.45) is 8.81. The van der Waals surface area contributed by atoms with E-state index in [1.54, 1.807) is 42.9 Å². The van der Waals surface area contributed by atoms with Crippen LogP contribution >= 0.6 is 11.3 Å². The molecule has 1 aliphatic rings. The summed E-state index contributed by atoms with van der Waals surface area (Å²) in [7, 11) is -4.01. The van der Waals surface area contributed by atoms with Gasteiger partial charge in [0.2, 0.25) is 5.91 Å². The summed E-state index contributed by atoms with van der Waals surface area (Å²) in [5, 5.41) is 9.96. The molecular weight excluding hydrogens is 524 g/mol. The fraction of sp³-hybridized carbons (Fsp3) is 0.346. The lowest BCUT2D eigenvalue weighted by molar-refractivity contribution is -0.117. The Balaban J connectivity index is 1.16. The van der Waals surface area contributed by atoms with Gasteiger partial charge in [0.25, 0.3) is 0 Å². The van der Waals surface area contributed by atoms with Gasteiger partial charge >= 0.3 is 10.1 Å². The maximum Gasteiger partial charge on any atom is 0.339 e. The Kier molecular flexibility index (Phi) is 8.20. The summed E-state index contributed by atoms with van der Waals surface area (Å²) in [5.74, 6) is 0.523. The average molecular weight is 555 g/mol. The Labute approximate surface area is 225 Å². The van der Waals surface area contributed by atoms with Gasteiger partial charge < -0.3 is 24.7 Å². The molecule has 2 aromatic carbocycles. The van der Waals surface area contributed by atoms with Crippen LogP contribution in [-0.2, 0) is 21.5 Å². The van der Waals surface area contributed by atoms with Gasteiger partial charge in [-0.2, -0.15) is 8.42 Å². The number of imidazole rings is 1. The van der Waals surface area contributed by atoms with Crippen molar-refractivity contribution in [1.29, 1.82) is 0 Å². The van der Waals surface area contributed by atoms with E-state index in [4.69, 9.17) is 4.18 Å². The summed E-state index contributed by atoms with van der Waals surface area (Å²) >= 11 is 1.29. The number of amides is 1. The van der Waals surface area contributed by atoms with Gasteiger partial charge in [-0.1, -0.05) is 11.3 Å². The van der Waals surface area contributed by atoms with Gasteiger partial charge in [-0.05, 0) is 74.7 Å². The lowest BCUT2D eigenvalue weighted by atomic mass is 9.94. The second kappa shape index (κ2) is 11.9. The fourth-order valence-corrected chi connectivity index (χ4v) is 6.19. The molecule has 0 unspecified atom stereocenters. The van der Waals surface area contributed by atoms with Crippen molar-refractivity contribution in [3.63, 3.8) is 0 Å². The molecule has 200 valence electrons. The van der Waals surface area contributed by atoms with Crippen molar-refractivity contribution in [3.05, 3.63) is 61.2 Å². The Bertz CT molecular complexity index is 1460. The molecule has 2 aromatic heterocycles. The lowest BCUT2D eigenvalue weighted by Crippen LogP contribution is -2.30. The zero-order valence-corrected chi connectivity index (χ0v) is 22.4. The minimum atomic E-state index is -4.01. The van der Waals surface area contributed by atoms with Crippen molar-refractivity contribution >= 4 is 48.4 Å². The predicted octanol–water partition coefficient (Wildman–Crippen LogP) is 4.09. The third-order valence-electron chi connectivity index (χ3n) is 6.37. The van der Waals surface area contributed by atoms with Crippen LogP contribution in [0, 0.1) is 5.92 Å². The topological polar surface area (TPSA) is 127 Å². The SMILES string of the molecule is O=C(CC1CCNCC1)Nc1nc2ccc(OS(=O)(=O)c3ccc(NCCCn4ccnc4)cc3)cc2s1. The van der Waals surface area contributed by atoms with E-state index in [0.29, 0.717) is 23.0 Å². The van der Waals surface area contributed by atoms with Gasteiger partial charge in [-0.25, -0.2) is 9.97 Å². The number of rotatable bonds is 11. The number of nitrogens with one attached hydrogen (secondary N) is 3. The Morgan fingerprint density at radius 2 is 1.97 bits per heavy atom. The number of carbonyl (C=O) groups is 1. The lowest BCUT2D eigenvalue weighted by Gasteiger charge is -2.21. The molecule has 0 radical (unpaired) electrons. The summed E-state index contributed by atoms with van der Waals surface area (Å²) in [4.78, 5) is 21.0. The van der Waals surface area contributed by atoms with Crippen LogP contribution in [0.5, 0.6) is 5.75 Å². The van der Waals surface area contributed by atoms with Crippen molar-refractivity contribution in [2.45, 2.75) is 37.1 Å². The molecule has 1 saturated heterocycles. The molecular formula is C26H30N6O4S2. The molecule has 0 atom stereocenters. The molecule has 12 heteroatoms. The molecule has 1 amide bonds. The summed E-state index contributed by atoms with van der Waals surface area (Å²) < 4.78 is 33.8. The van der Waals surface area contributed by atoms with Crippen LogP contribution in [0.25, 0.3) is 10.2 Å². The van der Waals surface area contributed by atoms with E-state index in [0.717, 1.165) is 55.8 Å². The smallest absolute Gasteiger partial charge is 0.339 e. The molecule has 0 spiro atoms. The Morgan fingerprint density at radius 3 is 2.74 bits per heavy atom. The van der Waals surface area contributed by atoms with E-state index in [-0.39, 0.29) is 16.6 Å². The first-order chi connectivity index (χ1) is 18.4. The van der Waals surface area contributed by atoms with E-state index in [2.05, 4.69) is 25.9 Å². The summed E-state index contributed by atoms with van der Waals surface area (Å²) in [5.41, 5.74) is 1.50. The van der Waals surface area contributed by atoms with E-state index >= 15 is 0 Å². The van der Waals surface area contributed by atoms with Crippen molar-refractivity contribution in [2.75, 3.05) is 30.3 Å². The van der Waals surface area contributed by atoms with Gasteiger partial charge in [0.15, 0.2) is 5.13 Å². The molecule has 0 aliphatic carbocycles. The number of anilines is 2. The van der Waals surface area contributed by atoms with Crippen molar-refractivity contribution < 1.29 is 17.4 Å². The number of benzene rings is 2. The van der Waals surface area contributed by atoms with Gasteiger partial charge in [-0.3, -0.25) is 4.79 Å². The van der Waals surface area contributed by atoms with Gasteiger partial charge in [0.05, 0.1) is 16.5 Å². The third kappa shape index (κ3) is 6.88. The number of hydrogen-bond acceptors (Lipinski definition) is 9. The molecule has 3 N–H and O–H groups in total. The summed E-state index contributed by atoms with van der Waals surface area (Å²) in [6.45, 7) is 3.48. The molecule has 38 heavy (non-hydrogen) atoms. The predicted molar refractivity (Wildman–Crippen MR) is 148 cm³/mol. The number of hydrogen-bond donors (Lipinski definition) is 3. The van der Waals surface area contributed by atoms with Crippen LogP contribution in [-0.4, -0.2) is 48.5 Å². The van der Waals surface area contributed by atoms with Crippen molar-refractivity contribution in [2.24, 2.45) is 5.92 Å². The van der Waals surface area contributed by atoms with Crippen molar-refractivity contribution in [1.82, 2.24) is 19.9 Å². The van der Waals surface area contributed by atoms with Crippen LogP contribution in [0.1, 0.15) is 25.7 Å². The molecule has 0 saturated carbocycles. The largest absolute Gasteiger partial charge is 0.385 e. The van der Waals surface area contributed by atoms with Gasteiger partial charge in [0.1, 0.15) is 10.6 Å². The van der Waals surface area contributed by atoms with E-state index in [1.165, 1.54) is 23.5 Å². The van der Waals surface area contributed by atoms with Crippen molar-refractivity contribution in [3.8, 4) is 5.75 Å². The van der Waals surface area contributed by atoms with Crippen LogP contribution < -0.4 is 20.1 Å². The van der Waals surface area contributed by atoms with E-state index in [1.807, 2.05) is 10.8 Å². The number of aryl methyl sites for hydroxylation is 1. The van der Waals surface area contributed by atoms with Gasteiger partial charge in [0, 0.05) is 43.7 Å². The molecule has 1 fully saturated rings. The molecule has 10 nitrogen and oxygen atoms in total. The molecule has 5 rings (SSSR count). The second-order valence-corrected chi connectivity index (χ2v) is 11.8. The number of aromatic nitrogens is 3. The van der Waals surface area contributed by atoms with Crippen LogP contribution in [0.15, 0.2) is 66.1 Å². The Hall–Kier alpha value is -3.48. The van der Waals surface area contributed by atoms with E-state index < -0.39 is 10.1 Å². The first kappa shape index (κ1) is 26.1. The fourth-order valence-electron chi connectivity index (χ4n) is 4.36. The molecule has 0 bridgehead atoms. The number of thiazole rings is 1. The highest BCUT2D eigenvalue weighted by molar-refractivity contribution is 7.87.